The summed E-state index contributed by atoms with van der Waals surface area (Å²) in [4.78, 5) is 24.7. The number of nitrogens with zero attached hydrogens (tertiary/aromatic N) is 4. The first-order valence-electron chi connectivity index (χ1n) is 8.15. The van der Waals surface area contributed by atoms with Gasteiger partial charge in [-0.25, -0.2) is 15.0 Å². The molecule has 0 saturated heterocycles. The minimum Gasteiger partial charge on any atom is -0.443 e. The fourth-order valence-corrected chi connectivity index (χ4v) is 4.45. The zero-order valence-electron chi connectivity index (χ0n) is 15.0. The number of pyridine rings is 1. The van der Waals surface area contributed by atoms with Crippen LogP contribution in [-0.2, 0) is 0 Å². The van der Waals surface area contributed by atoms with Gasteiger partial charge in [0.15, 0.2) is 0 Å². The molecule has 0 unspecified atom stereocenters. The SMILES string of the molecule is CC(C)c1coc(-c2nc(-c3nc(C(C)C)co3)c(I)c([N+](=O)[O-])c2I)n1. The van der Waals surface area contributed by atoms with Crippen LogP contribution in [0.25, 0.3) is 23.2 Å². The molecule has 10 heteroatoms. The van der Waals surface area contributed by atoms with Gasteiger partial charge in [-0.05, 0) is 57.0 Å². The van der Waals surface area contributed by atoms with Crippen molar-refractivity contribution in [1.82, 2.24) is 15.0 Å². The molecule has 0 spiro atoms. The fourth-order valence-electron chi connectivity index (χ4n) is 2.29. The molecule has 0 radical (unpaired) electrons. The summed E-state index contributed by atoms with van der Waals surface area (Å²) < 4.78 is 11.8. The van der Waals surface area contributed by atoms with E-state index >= 15 is 0 Å². The highest BCUT2D eigenvalue weighted by Gasteiger charge is 2.30. The van der Waals surface area contributed by atoms with Crippen LogP contribution in [0.3, 0.4) is 0 Å². The second kappa shape index (κ2) is 7.81. The summed E-state index contributed by atoms with van der Waals surface area (Å²) in [5.41, 5.74) is 2.04. The van der Waals surface area contributed by atoms with Crippen molar-refractivity contribution in [2.75, 3.05) is 0 Å². The van der Waals surface area contributed by atoms with Crippen LogP contribution in [-0.4, -0.2) is 19.9 Å². The van der Waals surface area contributed by atoms with E-state index in [1.807, 2.05) is 72.9 Å². The molecule has 142 valence electrons. The lowest BCUT2D eigenvalue weighted by Crippen LogP contribution is -2.04. The highest BCUT2D eigenvalue weighted by atomic mass is 127. The monoisotopic (exact) mass is 594 g/mol. The second-order valence-electron chi connectivity index (χ2n) is 6.51. The molecule has 0 atom stereocenters. The predicted molar refractivity (Wildman–Crippen MR) is 115 cm³/mol. The molecule has 0 amide bonds. The van der Waals surface area contributed by atoms with Crippen molar-refractivity contribution in [2.45, 2.75) is 39.5 Å². The average molecular weight is 594 g/mol. The van der Waals surface area contributed by atoms with E-state index in [4.69, 9.17) is 8.83 Å². The molecule has 3 heterocycles. The molecule has 0 N–H and O–H groups in total. The zero-order chi connectivity index (χ0) is 19.9. The maximum Gasteiger partial charge on any atom is 0.300 e. The number of hydrogen-bond acceptors (Lipinski definition) is 7. The smallest absolute Gasteiger partial charge is 0.300 e. The van der Waals surface area contributed by atoms with Crippen molar-refractivity contribution in [2.24, 2.45) is 0 Å². The Morgan fingerprint density at radius 1 is 0.889 bits per heavy atom. The van der Waals surface area contributed by atoms with Crippen LogP contribution in [0.15, 0.2) is 21.4 Å². The van der Waals surface area contributed by atoms with Crippen molar-refractivity contribution in [3.8, 4) is 23.2 Å². The average Bonchev–Trinajstić information content (AvgIpc) is 3.24. The van der Waals surface area contributed by atoms with Gasteiger partial charge in [0.25, 0.3) is 0 Å². The topological polar surface area (TPSA) is 108 Å². The first kappa shape index (κ1) is 20.2. The number of hydrogen-bond donors (Lipinski definition) is 0. The van der Waals surface area contributed by atoms with Crippen molar-refractivity contribution in [3.05, 3.63) is 41.2 Å². The largest absolute Gasteiger partial charge is 0.443 e. The van der Waals surface area contributed by atoms with E-state index in [2.05, 4.69) is 15.0 Å². The maximum atomic E-state index is 11.7. The highest BCUT2D eigenvalue weighted by Crippen LogP contribution is 2.39. The van der Waals surface area contributed by atoms with Crippen LogP contribution in [0.1, 0.15) is 50.9 Å². The van der Waals surface area contributed by atoms with Gasteiger partial charge in [0, 0.05) is 0 Å². The van der Waals surface area contributed by atoms with E-state index in [-0.39, 0.29) is 29.3 Å². The molecule has 0 fully saturated rings. The number of oxazole rings is 2. The van der Waals surface area contributed by atoms with Gasteiger partial charge < -0.3 is 8.83 Å². The molecule has 3 rings (SSSR count). The lowest BCUT2D eigenvalue weighted by Gasteiger charge is -2.07. The van der Waals surface area contributed by atoms with E-state index in [1.165, 1.54) is 0 Å². The van der Waals surface area contributed by atoms with Gasteiger partial charge in [0.1, 0.15) is 31.1 Å². The van der Waals surface area contributed by atoms with E-state index in [1.54, 1.807) is 12.5 Å². The van der Waals surface area contributed by atoms with Gasteiger partial charge >= 0.3 is 5.69 Å². The Labute approximate surface area is 182 Å². The summed E-state index contributed by atoms with van der Waals surface area (Å²) in [6, 6.07) is 0. The van der Waals surface area contributed by atoms with Gasteiger partial charge in [-0.1, -0.05) is 27.7 Å². The molecule has 27 heavy (non-hydrogen) atoms. The van der Waals surface area contributed by atoms with E-state index in [9.17, 15) is 10.1 Å². The standard InChI is InChI=1S/C17H16I2N4O4/c1-7(2)9-5-26-16(20-9)13-11(18)15(23(24)25)12(19)14(22-13)17-21-10(6-27-17)8(3)4/h5-8H,1-4H3. The lowest BCUT2D eigenvalue weighted by molar-refractivity contribution is -0.386. The van der Waals surface area contributed by atoms with Crippen LogP contribution in [0.4, 0.5) is 5.69 Å². The molecule has 3 aromatic rings. The third-order valence-electron chi connectivity index (χ3n) is 3.87. The summed E-state index contributed by atoms with van der Waals surface area (Å²) >= 11 is 3.81. The fraction of sp³-hybridized carbons (Fsp3) is 0.353. The third-order valence-corrected chi connectivity index (χ3v) is 5.91. The van der Waals surface area contributed by atoms with Crippen LogP contribution >= 0.6 is 45.2 Å². The van der Waals surface area contributed by atoms with Crippen LogP contribution in [0.5, 0.6) is 0 Å². The van der Waals surface area contributed by atoms with Crippen molar-refractivity contribution < 1.29 is 13.8 Å². The van der Waals surface area contributed by atoms with Crippen LogP contribution < -0.4 is 0 Å². The Balaban J connectivity index is 2.24. The van der Waals surface area contributed by atoms with Crippen LogP contribution in [0, 0.1) is 17.3 Å². The molecule has 3 aromatic heterocycles. The number of halogens is 2. The Hall–Kier alpha value is -1.57. The molecule has 0 bridgehead atoms. The van der Waals surface area contributed by atoms with Gasteiger partial charge in [0.05, 0.1) is 16.3 Å². The molecule has 0 aromatic carbocycles. The predicted octanol–water partition coefficient (Wildman–Crippen LogP) is 5.76. The van der Waals surface area contributed by atoms with E-state index < -0.39 is 4.92 Å². The van der Waals surface area contributed by atoms with Gasteiger partial charge in [0.2, 0.25) is 11.8 Å². The number of nitro groups is 1. The number of rotatable bonds is 5. The first-order valence-corrected chi connectivity index (χ1v) is 10.3. The molecular formula is C17H16I2N4O4. The summed E-state index contributed by atoms with van der Waals surface area (Å²) in [7, 11) is 0. The lowest BCUT2D eigenvalue weighted by atomic mass is 10.2. The van der Waals surface area contributed by atoms with Crippen LogP contribution in [0.2, 0.25) is 0 Å². The Morgan fingerprint density at radius 3 is 1.59 bits per heavy atom. The summed E-state index contributed by atoms with van der Waals surface area (Å²) in [5, 5.41) is 11.7. The normalized spacial score (nSPS) is 11.6. The zero-order valence-corrected chi connectivity index (χ0v) is 19.3. The second-order valence-corrected chi connectivity index (χ2v) is 8.66. The molecule has 0 aliphatic rings. The van der Waals surface area contributed by atoms with Crippen molar-refractivity contribution >= 4 is 50.9 Å². The maximum absolute atomic E-state index is 11.7. The quantitative estimate of drug-likeness (QED) is 0.210. The molecular weight excluding hydrogens is 578 g/mol. The van der Waals surface area contributed by atoms with Crippen molar-refractivity contribution in [1.29, 1.82) is 0 Å². The van der Waals surface area contributed by atoms with E-state index in [0.29, 0.717) is 18.5 Å². The highest BCUT2D eigenvalue weighted by molar-refractivity contribution is 14.1. The van der Waals surface area contributed by atoms with Crippen molar-refractivity contribution in [3.63, 3.8) is 0 Å². The van der Waals surface area contributed by atoms with Gasteiger partial charge in [-0.15, -0.1) is 0 Å². The Morgan fingerprint density at radius 2 is 1.30 bits per heavy atom. The molecule has 0 saturated carbocycles. The molecule has 0 aliphatic carbocycles. The molecule has 8 nitrogen and oxygen atoms in total. The third kappa shape index (κ3) is 3.86. The Bertz CT molecular complexity index is 940. The number of aromatic nitrogens is 3. The molecule has 0 aliphatic heterocycles. The summed E-state index contributed by atoms with van der Waals surface area (Å²) in [6.07, 6.45) is 3.09. The first-order chi connectivity index (χ1) is 12.7. The summed E-state index contributed by atoms with van der Waals surface area (Å²) in [5.74, 6) is 0.802. The van der Waals surface area contributed by atoms with E-state index in [0.717, 1.165) is 11.4 Å². The minimum absolute atomic E-state index is 0.0650. The minimum atomic E-state index is -0.434. The van der Waals surface area contributed by atoms with Gasteiger partial charge in [-0.3, -0.25) is 10.1 Å². The summed E-state index contributed by atoms with van der Waals surface area (Å²) in [6.45, 7) is 7.95. The van der Waals surface area contributed by atoms with Gasteiger partial charge in [-0.2, -0.15) is 0 Å². The Kier molecular flexibility index (Phi) is 5.84.